The molecule has 0 aliphatic heterocycles. The number of carbonyl (C=O) groups excluding carboxylic acids is 1. The lowest BCUT2D eigenvalue weighted by Gasteiger charge is -2.13. The minimum absolute atomic E-state index is 0.0210. The molecule has 0 spiro atoms. The SMILES string of the molecule is CCCn1c(=O)c2ccc(C(=O)NC(C)C)cc2n2c(SCc3ccccc3)nnc12. The molecule has 0 atom stereocenters. The van der Waals surface area contributed by atoms with Gasteiger partial charge in [0.05, 0.1) is 10.9 Å². The first kappa shape index (κ1) is 21.1. The van der Waals surface area contributed by atoms with Crippen molar-refractivity contribution in [1.82, 2.24) is 24.5 Å². The molecular formula is C23H25N5O2S. The number of thioether (sulfide) groups is 1. The summed E-state index contributed by atoms with van der Waals surface area (Å²) < 4.78 is 3.56. The molecule has 7 nitrogen and oxygen atoms in total. The largest absolute Gasteiger partial charge is 0.350 e. The Labute approximate surface area is 184 Å². The van der Waals surface area contributed by atoms with Crippen molar-refractivity contribution in [1.29, 1.82) is 0 Å². The first-order chi connectivity index (χ1) is 15.0. The molecule has 0 fully saturated rings. The van der Waals surface area contributed by atoms with Gasteiger partial charge in [-0.1, -0.05) is 49.0 Å². The van der Waals surface area contributed by atoms with Crippen LogP contribution in [0.4, 0.5) is 0 Å². The molecule has 0 saturated heterocycles. The van der Waals surface area contributed by atoms with Gasteiger partial charge in [-0.05, 0) is 44.0 Å². The van der Waals surface area contributed by atoms with Crippen LogP contribution in [-0.2, 0) is 12.3 Å². The van der Waals surface area contributed by atoms with E-state index in [4.69, 9.17) is 0 Å². The molecule has 0 aliphatic carbocycles. The van der Waals surface area contributed by atoms with Crippen LogP contribution in [0.5, 0.6) is 0 Å². The normalized spacial score (nSPS) is 11.5. The maximum Gasteiger partial charge on any atom is 0.262 e. The van der Waals surface area contributed by atoms with E-state index in [-0.39, 0.29) is 17.5 Å². The van der Waals surface area contributed by atoms with Crippen LogP contribution in [-0.4, -0.2) is 31.1 Å². The quantitative estimate of drug-likeness (QED) is 0.446. The zero-order chi connectivity index (χ0) is 22.0. The highest BCUT2D eigenvalue weighted by atomic mass is 32.2. The highest BCUT2D eigenvalue weighted by Crippen LogP contribution is 2.25. The lowest BCUT2D eigenvalue weighted by atomic mass is 10.1. The molecule has 2 aromatic heterocycles. The van der Waals surface area contributed by atoms with Crippen molar-refractivity contribution < 1.29 is 4.79 Å². The maximum atomic E-state index is 13.2. The topological polar surface area (TPSA) is 81.3 Å². The van der Waals surface area contributed by atoms with Crippen molar-refractivity contribution in [2.45, 2.75) is 50.7 Å². The average Bonchev–Trinajstić information content (AvgIpc) is 3.19. The molecule has 0 bridgehead atoms. The van der Waals surface area contributed by atoms with E-state index in [0.717, 1.165) is 12.2 Å². The Hall–Kier alpha value is -3.13. The minimum Gasteiger partial charge on any atom is -0.350 e. The summed E-state index contributed by atoms with van der Waals surface area (Å²) >= 11 is 1.56. The highest BCUT2D eigenvalue weighted by molar-refractivity contribution is 7.98. The van der Waals surface area contributed by atoms with Gasteiger partial charge in [-0.25, -0.2) is 0 Å². The van der Waals surface area contributed by atoms with Crippen molar-refractivity contribution in [2.24, 2.45) is 0 Å². The summed E-state index contributed by atoms with van der Waals surface area (Å²) in [6, 6.07) is 15.3. The van der Waals surface area contributed by atoms with Gasteiger partial charge in [0, 0.05) is 23.9 Å². The third-order valence-corrected chi connectivity index (χ3v) is 5.91. The van der Waals surface area contributed by atoms with Gasteiger partial charge in [0.15, 0.2) is 5.16 Å². The molecule has 4 rings (SSSR count). The Kier molecular flexibility index (Phi) is 6.08. The highest BCUT2D eigenvalue weighted by Gasteiger charge is 2.18. The first-order valence-corrected chi connectivity index (χ1v) is 11.4. The Balaban J connectivity index is 1.88. The van der Waals surface area contributed by atoms with Crippen molar-refractivity contribution in [3.63, 3.8) is 0 Å². The van der Waals surface area contributed by atoms with E-state index in [0.29, 0.717) is 33.9 Å². The van der Waals surface area contributed by atoms with E-state index < -0.39 is 0 Å². The zero-order valence-electron chi connectivity index (χ0n) is 17.8. The predicted molar refractivity (Wildman–Crippen MR) is 124 cm³/mol. The molecule has 0 aliphatic rings. The van der Waals surface area contributed by atoms with Crippen molar-refractivity contribution >= 4 is 34.3 Å². The van der Waals surface area contributed by atoms with Crippen LogP contribution in [0.15, 0.2) is 58.5 Å². The van der Waals surface area contributed by atoms with Gasteiger partial charge in [0.25, 0.3) is 11.5 Å². The monoisotopic (exact) mass is 435 g/mol. The van der Waals surface area contributed by atoms with Gasteiger partial charge < -0.3 is 5.32 Å². The third kappa shape index (κ3) is 4.20. The molecule has 31 heavy (non-hydrogen) atoms. The van der Waals surface area contributed by atoms with E-state index in [9.17, 15) is 9.59 Å². The molecule has 1 N–H and O–H groups in total. The predicted octanol–water partition coefficient (Wildman–Crippen LogP) is 3.88. The Morgan fingerprint density at radius 1 is 1.13 bits per heavy atom. The van der Waals surface area contributed by atoms with E-state index in [2.05, 4.69) is 27.6 Å². The van der Waals surface area contributed by atoms with Crippen LogP contribution >= 0.6 is 11.8 Å². The van der Waals surface area contributed by atoms with E-state index in [1.165, 1.54) is 5.56 Å². The first-order valence-electron chi connectivity index (χ1n) is 10.4. The number of fused-ring (bicyclic) bond motifs is 3. The summed E-state index contributed by atoms with van der Waals surface area (Å²) in [5.74, 6) is 1.05. The van der Waals surface area contributed by atoms with Crippen LogP contribution in [0.2, 0.25) is 0 Å². The number of hydrogen-bond acceptors (Lipinski definition) is 5. The maximum absolute atomic E-state index is 13.2. The molecule has 4 aromatic rings. The van der Waals surface area contributed by atoms with E-state index >= 15 is 0 Å². The fourth-order valence-corrected chi connectivity index (χ4v) is 4.40. The summed E-state index contributed by atoms with van der Waals surface area (Å²) in [4.78, 5) is 25.7. The summed E-state index contributed by atoms with van der Waals surface area (Å²) in [6.07, 6.45) is 0.801. The van der Waals surface area contributed by atoms with Crippen LogP contribution in [0, 0.1) is 0 Å². The number of amides is 1. The van der Waals surface area contributed by atoms with E-state index in [1.807, 2.05) is 43.4 Å². The molecular weight excluding hydrogens is 410 g/mol. The number of benzene rings is 2. The molecule has 1 amide bonds. The molecule has 8 heteroatoms. The minimum atomic E-state index is -0.172. The van der Waals surface area contributed by atoms with Crippen molar-refractivity contribution in [3.05, 3.63) is 70.0 Å². The van der Waals surface area contributed by atoms with Gasteiger partial charge in [-0.3, -0.25) is 18.6 Å². The lowest BCUT2D eigenvalue weighted by molar-refractivity contribution is 0.0943. The van der Waals surface area contributed by atoms with Gasteiger partial charge in [0.2, 0.25) is 5.78 Å². The molecule has 0 saturated carbocycles. The zero-order valence-corrected chi connectivity index (χ0v) is 18.6. The second-order valence-electron chi connectivity index (χ2n) is 7.71. The average molecular weight is 436 g/mol. The number of carbonyl (C=O) groups is 1. The lowest BCUT2D eigenvalue weighted by Crippen LogP contribution is -2.30. The number of aryl methyl sites for hydroxylation is 1. The Morgan fingerprint density at radius 3 is 2.61 bits per heavy atom. The summed E-state index contributed by atoms with van der Waals surface area (Å²) in [5, 5.41) is 12.9. The second kappa shape index (κ2) is 8.93. The number of nitrogens with zero attached hydrogens (tertiary/aromatic N) is 4. The summed E-state index contributed by atoms with van der Waals surface area (Å²) in [5.41, 5.74) is 2.20. The molecule has 2 heterocycles. The molecule has 2 aromatic carbocycles. The molecule has 0 radical (unpaired) electrons. The van der Waals surface area contributed by atoms with Crippen molar-refractivity contribution in [3.8, 4) is 0 Å². The smallest absolute Gasteiger partial charge is 0.262 e. The van der Waals surface area contributed by atoms with Crippen LogP contribution in [0.3, 0.4) is 0 Å². The third-order valence-electron chi connectivity index (χ3n) is 4.91. The van der Waals surface area contributed by atoms with Crippen LogP contribution in [0.25, 0.3) is 16.7 Å². The standard InChI is InChI=1S/C23H25N5O2S/c1-4-12-27-21(30)18-11-10-17(20(29)24-15(2)3)13-19(18)28-22(27)25-26-23(28)31-14-16-8-6-5-7-9-16/h5-11,13,15H,4,12,14H2,1-3H3,(H,24,29). The van der Waals surface area contributed by atoms with Gasteiger partial charge in [-0.15, -0.1) is 10.2 Å². The second-order valence-corrected chi connectivity index (χ2v) is 8.65. The van der Waals surface area contributed by atoms with E-state index in [1.54, 1.807) is 34.5 Å². The van der Waals surface area contributed by atoms with Crippen molar-refractivity contribution in [2.75, 3.05) is 0 Å². The Bertz CT molecular complexity index is 1290. The van der Waals surface area contributed by atoms with Crippen LogP contribution in [0.1, 0.15) is 43.1 Å². The molecule has 160 valence electrons. The molecule has 0 unspecified atom stereocenters. The number of nitrogens with one attached hydrogen (secondary N) is 1. The Morgan fingerprint density at radius 2 is 1.90 bits per heavy atom. The summed E-state index contributed by atoms with van der Waals surface area (Å²) in [6.45, 7) is 6.40. The fraction of sp³-hybridized carbons (Fsp3) is 0.304. The number of hydrogen-bond donors (Lipinski definition) is 1. The number of rotatable bonds is 7. The van der Waals surface area contributed by atoms with Gasteiger partial charge in [0.1, 0.15) is 0 Å². The fourth-order valence-electron chi connectivity index (χ4n) is 3.51. The van der Waals surface area contributed by atoms with Crippen LogP contribution < -0.4 is 10.9 Å². The number of aromatic nitrogens is 4. The van der Waals surface area contributed by atoms with Gasteiger partial charge >= 0.3 is 0 Å². The van der Waals surface area contributed by atoms with Gasteiger partial charge in [-0.2, -0.15) is 0 Å². The summed E-state index contributed by atoms with van der Waals surface area (Å²) in [7, 11) is 0.